The minimum Gasteiger partial charge on any atom is -0.481 e. The fourth-order valence-corrected chi connectivity index (χ4v) is 1.89. The summed E-state index contributed by atoms with van der Waals surface area (Å²) in [6.45, 7) is 2.25. The van der Waals surface area contributed by atoms with Gasteiger partial charge in [-0.15, -0.1) is 0 Å². The van der Waals surface area contributed by atoms with Crippen molar-refractivity contribution in [1.29, 1.82) is 0 Å². The maximum Gasteiger partial charge on any atom is 0.215 e. The maximum atomic E-state index is 5.83. The van der Waals surface area contributed by atoms with Crippen LogP contribution < -0.4 is 15.8 Å². The number of methoxy groups -OCH3 is 1. The van der Waals surface area contributed by atoms with Gasteiger partial charge in [0, 0.05) is 12.1 Å². The van der Waals surface area contributed by atoms with Gasteiger partial charge in [0.25, 0.3) is 0 Å². The molecule has 2 rings (SSSR count). The van der Waals surface area contributed by atoms with E-state index in [2.05, 4.69) is 17.2 Å². The summed E-state index contributed by atoms with van der Waals surface area (Å²) in [6.07, 6.45) is 2.39. The fourth-order valence-electron chi connectivity index (χ4n) is 1.89. The van der Waals surface area contributed by atoms with Crippen molar-refractivity contribution in [2.45, 2.75) is 25.8 Å². The third kappa shape index (κ3) is 2.14. The first kappa shape index (κ1) is 10.1. The van der Waals surface area contributed by atoms with Crippen molar-refractivity contribution in [2.24, 2.45) is 5.92 Å². The molecule has 3 N–H and O–H groups in total. The van der Waals surface area contributed by atoms with Crippen molar-refractivity contribution in [1.82, 2.24) is 4.98 Å². The van der Waals surface area contributed by atoms with Crippen LogP contribution in [-0.2, 0) is 0 Å². The average Bonchev–Trinajstić information content (AvgIpc) is 2.19. The number of rotatable bonds is 3. The lowest BCUT2D eigenvalue weighted by Crippen LogP contribution is -2.34. The van der Waals surface area contributed by atoms with Crippen LogP contribution in [-0.4, -0.2) is 18.1 Å². The van der Waals surface area contributed by atoms with Crippen LogP contribution >= 0.6 is 0 Å². The molecule has 0 aromatic carbocycles. The molecular formula is C11H17N3O. The van der Waals surface area contributed by atoms with E-state index >= 15 is 0 Å². The van der Waals surface area contributed by atoms with Crippen molar-refractivity contribution >= 4 is 11.5 Å². The third-order valence-electron chi connectivity index (χ3n) is 2.82. The Labute approximate surface area is 89.8 Å². The van der Waals surface area contributed by atoms with Crippen LogP contribution in [0.4, 0.5) is 11.5 Å². The second kappa shape index (κ2) is 3.96. The zero-order valence-corrected chi connectivity index (χ0v) is 9.16. The number of nitrogens with zero attached hydrogens (tertiary/aromatic N) is 1. The molecule has 1 aromatic rings. The highest BCUT2D eigenvalue weighted by Gasteiger charge is 2.25. The molecule has 1 aliphatic rings. The van der Waals surface area contributed by atoms with Crippen LogP contribution in [0.15, 0.2) is 12.1 Å². The molecule has 1 fully saturated rings. The Bertz CT molecular complexity index is 348. The Morgan fingerprint density at radius 2 is 2.20 bits per heavy atom. The van der Waals surface area contributed by atoms with Crippen molar-refractivity contribution in [2.75, 3.05) is 18.2 Å². The van der Waals surface area contributed by atoms with Gasteiger partial charge in [0.05, 0.1) is 12.8 Å². The van der Waals surface area contributed by atoms with Gasteiger partial charge < -0.3 is 15.8 Å². The molecule has 0 aliphatic heterocycles. The SMILES string of the molecule is COc1ccc(N)c(NC2CC(C)C2)n1. The van der Waals surface area contributed by atoms with E-state index in [0.717, 1.165) is 11.7 Å². The van der Waals surface area contributed by atoms with Gasteiger partial charge in [0.15, 0.2) is 5.82 Å². The molecule has 82 valence electrons. The van der Waals surface area contributed by atoms with Gasteiger partial charge in [-0.1, -0.05) is 6.92 Å². The predicted octanol–water partition coefficient (Wildman–Crippen LogP) is 1.88. The molecule has 4 nitrogen and oxygen atoms in total. The van der Waals surface area contributed by atoms with E-state index in [1.165, 1.54) is 12.8 Å². The molecule has 0 bridgehead atoms. The number of anilines is 2. The lowest BCUT2D eigenvalue weighted by Gasteiger charge is -2.33. The number of nitrogens with two attached hydrogens (primary N) is 1. The molecular weight excluding hydrogens is 190 g/mol. The van der Waals surface area contributed by atoms with E-state index in [4.69, 9.17) is 10.5 Å². The maximum absolute atomic E-state index is 5.83. The highest BCUT2D eigenvalue weighted by molar-refractivity contribution is 5.62. The number of hydrogen-bond acceptors (Lipinski definition) is 4. The molecule has 0 unspecified atom stereocenters. The molecule has 0 radical (unpaired) electrons. The summed E-state index contributed by atoms with van der Waals surface area (Å²) >= 11 is 0. The van der Waals surface area contributed by atoms with Crippen LogP contribution in [0.3, 0.4) is 0 Å². The van der Waals surface area contributed by atoms with E-state index < -0.39 is 0 Å². The van der Waals surface area contributed by atoms with E-state index in [-0.39, 0.29) is 0 Å². The Hall–Kier alpha value is -1.45. The van der Waals surface area contributed by atoms with Crippen molar-refractivity contribution < 1.29 is 4.74 Å². The van der Waals surface area contributed by atoms with E-state index in [1.807, 2.05) is 6.07 Å². The van der Waals surface area contributed by atoms with Crippen LogP contribution in [0, 0.1) is 5.92 Å². The number of nitrogen functional groups attached to an aromatic ring is 1. The number of pyridine rings is 1. The lowest BCUT2D eigenvalue weighted by atomic mass is 9.82. The molecule has 0 saturated heterocycles. The molecule has 1 aromatic heterocycles. The zero-order chi connectivity index (χ0) is 10.8. The molecule has 1 heterocycles. The first-order chi connectivity index (χ1) is 7.19. The molecule has 4 heteroatoms. The van der Waals surface area contributed by atoms with Crippen LogP contribution in [0.25, 0.3) is 0 Å². The minimum absolute atomic E-state index is 0.516. The normalized spacial score (nSPS) is 24.4. The number of nitrogens with one attached hydrogen (secondary N) is 1. The van der Waals surface area contributed by atoms with Gasteiger partial charge >= 0.3 is 0 Å². The Morgan fingerprint density at radius 3 is 2.80 bits per heavy atom. The summed E-state index contributed by atoms with van der Waals surface area (Å²) in [5, 5.41) is 3.34. The summed E-state index contributed by atoms with van der Waals surface area (Å²) in [5.41, 5.74) is 6.50. The van der Waals surface area contributed by atoms with Crippen molar-refractivity contribution in [3.8, 4) is 5.88 Å². The second-order valence-corrected chi connectivity index (χ2v) is 4.21. The zero-order valence-electron chi connectivity index (χ0n) is 9.16. The quantitative estimate of drug-likeness (QED) is 0.794. The highest BCUT2D eigenvalue weighted by atomic mass is 16.5. The van der Waals surface area contributed by atoms with Crippen LogP contribution in [0.5, 0.6) is 5.88 Å². The molecule has 1 saturated carbocycles. The largest absolute Gasteiger partial charge is 0.481 e. The van der Waals surface area contributed by atoms with E-state index in [0.29, 0.717) is 17.6 Å². The van der Waals surface area contributed by atoms with Gasteiger partial charge in [0.1, 0.15) is 0 Å². The first-order valence-corrected chi connectivity index (χ1v) is 5.26. The standard InChI is InChI=1S/C11H17N3O/c1-7-5-8(6-7)13-11-9(12)3-4-10(14-11)15-2/h3-4,7-8H,5-6,12H2,1-2H3,(H,13,14). The van der Waals surface area contributed by atoms with E-state index in [9.17, 15) is 0 Å². The Balaban J connectivity index is 2.06. The second-order valence-electron chi connectivity index (χ2n) is 4.21. The van der Waals surface area contributed by atoms with E-state index in [1.54, 1.807) is 13.2 Å². The summed E-state index contributed by atoms with van der Waals surface area (Å²) in [6, 6.07) is 4.10. The summed E-state index contributed by atoms with van der Waals surface area (Å²) < 4.78 is 5.06. The van der Waals surface area contributed by atoms with Crippen molar-refractivity contribution in [3.05, 3.63) is 12.1 Å². The molecule has 0 spiro atoms. The first-order valence-electron chi connectivity index (χ1n) is 5.26. The topological polar surface area (TPSA) is 60.2 Å². The van der Waals surface area contributed by atoms with Gasteiger partial charge in [-0.25, -0.2) is 0 Å². The molecule has 0 atom stereocenters. The van der Waals surface area contributed by atoms with Crippen LogP contribution in [0.1, 0.15) is 19.8 Å². The number of ether oxygens (including phenoxy) is 1. The average molecular weight is 207 g/mol. The highest BCUT2D eigenvalue weighted by Crippen LogP contribution is 2.31. The van der Waals surface area contributed by atoms with Crippen molar-refractivity contribution in [3.63, 3.8) is 0 Å². The molecule has 0 amide bonds. The Morgan fingerprint density at radius 1 is 1.47 bits per heavy atom. The number of aromatic nitrogens is 1. The number of hydrogen-bond donors (Lipinski definition) is 2. The summed E-state index contributed by atoms with van der Waals surface area (Å²) in [7, 11) is 1.60. The van der Waals surface area contributed by atoms with Gasteiger partial charge in [-0.2, -0.15) is 4.98 Å². The molecule has 1 aliphatic carbocycles. The van der Waals surface area contributed by atoms with Gasteiger partial charge in [0.2, 0.25) is 5.88 Å². The molecule has 15 heavy (non-hydrogen) atoms. The minimum atomic E-state index is 0.516. The van der Waals surface area contributed by atoms with Gasteiger partial charge in [-0.05, 0) is 24.8 Å². The smallest absolute Gasteiger partial charge is 0.215 e. The van der Waals surface area contributed by atoms with Crippen LogP contribution in [0.2, 0.25) is 0 Å². The predicted molar refractivity (Wildman–Crippen MR) is 61.0 cm³/mol. The summed E-state index contributed by atoms with van der Waals surface area (Å²) in [4.78, 5) is 4.28. The lowest BCUT2D eigenvalue weighted by molar-refractivity contribution is 0.308. The fraction of sp³-hybridized carbons (Fsp3) is 0.545. The monoisotopic (exact) mass is 207 g/mol. The third-order valence-corrected chi connectivity index (χ3v) is 2.82. The summed E-state index contributed by atoms with van der Waals surface area (Å²) in [5.74, 6) is 2.15. The Kier molecular flexibility index (Phi) is 2.66. The van der Waals surface area contributed by atoms with Gasteiger partial charge in [-0.3, -0.25) is 0 Å².